The summed E-state index contributed by atoms with van der Waals surface area (Å²) in [6, 6.07) is 5.22. The monoisotopic (exact) mass is 346 g/mol. The van der Waals surface area contributed by atoms with Crippen molar-refractivity contribution in [3.63, 3.8) is 0 Å². The average molecular weight is 347 g/mol. The molecule has 2 heteroatoms. The second-order valence-electron chi connectivity index (χ2n) is 7.12. The summed E-state index contributed by atoms with van der Waals surface area (Å²) in [6.45, 7) is 2.26. The Morgan fingerprint density at radius 3 is 1.92 bits per heavy atom. The molecule has 0 amide bonds. The quantitative estimate of drug-likeness (QED) is 0.199. The molecule has 2 N–H and O–H groups in total. The Morgan fingerprint density at radius 2 is 1.28 bits per heavy atom. The number of hydrogen-bond acceptors (Lipinski definition) is 2. The standard InChI is InChI=1S/C23H38O2/c1-2-3-4-5-6-7-8-9-10-11-12-13-14-15-16-18-21-19-17-20-22(24)23(21)25/h7-8,17,19-20,24-25H,2-6,9-16,18H2,1H3. The van der Waals surface area contributed by atoms with Crippen molar-refractivity contribution >= 4 is 0 Å². The van der Waals surface area contributed by atoms with Gasteiger partial charge in [-0.15, -0.1) is 0 Å². The molecule has 0 aliphatic heterocycles. The molecule has 0 saturated heterocycles. The topological polar surface area (TPSA) is 40.5 Å². The lowest BCUT2D eigenvalue weighted by atomic mass is 10.0. The predicted molar refractivity (Wildman–Crippen MR) is 108 cm³/mol. The molecule has 0 spiro atoms. The average Bonchev–Trinajstić information content (AvgIpc) is 2.61. The summed E-state index contributed by atoms with van der Waals surface area (Å²) in [5.74, 6) is 0.0495. The highest BCUT2D eigenvalue weighted by Crippen LogP contribution is 2.29. The summed E-state index contributed by atoms with van der Waals surface area (Å²) in [7, 11) is 0. The normalized spacial score (nSPS) is 11.4. The van der Waals surface area contributed by atoms with Gasteiger partial charge in [0.1, 0.15) is 0 Å². The minimum Gasteiger partial charge on any atom is -0.504 e. The van der Waals surface area contributed by atoms with Crippen molar-refractivity contribution in [2.75, 3.05) is 0 Å². The van der Waals surface area contributed by atoms with E-state index in [1.165, 1.54) is 83.1 Å². The van der Waals surface area contributed by atoms with Crippen LogP contribution in [0.15, 0.2) is 30.4 Å². The predicted octanol–water partition coefficient (Wildman–Crippen LogP) is 7.29. The van der Waals surface area contributed by atoms with Crippen molar-refractivity contribution in [1.29, 1.82) is 0 Å². The highest BCUT2D eigenvalue weighted by molar-refractivity contribution is 5.44. The number of para-hydroxylation sites is 1. The third kappa shape index (κ3) is 10.9. The SMILES string of the molecule is CCCCCCC=CCCCCCCCCCc1cccc(O)c1O. The summed E-state index contributed by atoms with van der Waals surface area (Å²) < 4.78 is 0. The molecule has 0 atom stereocenters. The van der Waals surface area contributed by atoms with Gasteiger partial charge in [0.15, 0.2) is 11.5 Å². The molecule has 2 nitrogen and oxygen atoms in total. The molecule has 0 aliphatic carbocycles. The number of phenols is 2. The molecule has 1 rings (SSSR count). The van der Waals surface area contributed by atoms with Crippen LogP contribution in [0.5, 0.6) is 11.5 Å². The van der Waals surface area contributed by atoms with Crippen molar-refractivity contribution in [1.82, 2.24) is 0 Å². The maximum absolute atomic E-state index is 9.76. The van der Waals surface area contributed by atoms with Gasteiger partial charge in [0.05, 0.1) is 0 Å². The number of phenolic OH excluding ortho intramolecular Hbond substituents is 2. The Bertz CT molecular complexity index is 465. The fourth-order valence-electron chi connectivity index (χ4n) is 3.17. The van der Waals surface area contributed by atoms with E-state index in [-0.39, 0.29) is 11.5 Å². The Labute approximate surface area is 155 Å². The number of hydrogen-bond donors (Lipinski definition) is 2. The van der Waals surface area contributed by atoms with Gasteiger partial charge in [-0.2, -0.15) is 0 Å². The van der Waals surface area contributed by atoms with Gasteiger partial charge in [-0.25, -0.2) is 0 Å². The highest BCUT2D eigenvalue weighted by Gasteiger charge is 2.04. The number of allylic oxidation sites excluding steroid dienone is 2. The summed E-state index contributed by atoms with van der Waals surface area (Å²) in [6.07, 6.45) is 22.4. The third-order valence-corrected chi connectivity index (χ3v) is 4.81. The molecule has 1 aromatic carbocycles. The van der Waals surface area contributed by atoms with E-state index in [0.717, 1.165) is 18.4 Å². The van der Waals surface area contributed by atoms with E-state index in [9.17, 15) is 10.2 Å². The first kappa shape index (κ1) is 21.6. The largest absolute Gasteiger partial charge is 0.504 e. The second kappa shape index (κ2) is 14.9. The molecule has 0 saturated carbocycles. The molecule has 0 heterocycles. The van der Waals surface area contributed by atoms with E-state index in [4.69, 9.17) is 0 Å². The number of unbranched alkanes of at least 4 members (excludes halogenated alkanes) is 11. The van der Waals surface area contributed by atoms with Gasteiger partial charge in [0.2, 0.25) is 0 Å². The van der Waals surface area contributed by atoms with Gasteiger partial charge < -0.3 is 10.2 Å². The number of rotatable bonds is 15. The molecular formula is C23H38O2. The van der Waals surface area contributed by atoms with Crippen LogP contribution < -0.4 is 0 Å². The van der Waals surface area contributed by atoms with E-state index in [0.29, 0.717) is 0 Å². The van der Waals surface area contributed by atoms with Crippen LogP contribution in [0.25, 0.3) is 0 Å². The van der Waals surface area contributed by atoms with Gasteiger partial charge in [0.25, 0.3) is 0 Å². The molecule has 0 bridgehead atoms. The Hall–Kier alpha value is -1.44. The van der Waals surface area contributed by atoms with Gasteiger partial charge in [-0.3, -0.25) is 0 Å². The fraction of sp³-hybridized carbons (Fsp3) is 0.652. The molecule has 1 aromatic rings. The molecule has 142 valence electrons. The zero-order chi connectivity index (χ0) is 18.2. The zero-order valence-electron chi connectivity index (χ0n) is 16.2. The van der Waals surface area contributed by atoms with Crippen molar-refractivity contribution in [2.24, 2.45) is 0 Å². The van der Waals surface area contributed by atoms with E-state index < -0.39 is 0 Å². The van der Waals surface area contributed by atoms with Crippen LogP contribution in [0.4, 0.5) is 0 Å². The van der Waals surface area contributed by atoms with E-state index in [2.05, 4.69) is 19.1 Å². The van der Waals surface area contributed by atoms with Crippen LogP contribution in [0.3, 0.4) is 0 Å². The summed E-state index contributed by atoms with van der Waals surface area (Å²) in [5.41, 5.74) is 0.862. The number of aryl methyl sites for hydroxylation is 1. The van der Waals surface area contributed by atoms with Crippen LogP contribution >= 0.6 is 0 Å². The van der Waals surface area contributed by atoms with Gasteiger partial charge in [-0.05, 0) is 50.2 Å². The summed E-state index contributed by atoms with van der Waals surface area (Å²) in [4.78, 5) is 0. The first-order chi connectivity index (χ1) is 12.3. The number of benzene rings is 1. The maximum atomic E-state index is 9.76. The highest BCUT2D eigenvalue weighted by atomic mass is 16.3. The van der Waals surface area contributed by atoms with Crippen LogP contribution in [0, 0.1) is 0 Å². The maximum Gasteiger partial charge on any atom is 0.160 e. The first-order valence-corrected chi connectivity index (χ1v) is 10.4. The van der Waals surface area contributed by atoms with E-state index in [1.54, 1.807) is 6.07 Å². The minimum absolute atomic E-state index is 0.00694. The summed E-state index contributed by atoms with van der Waals surface area (Å²) in [5, 5.41) is 19.2. The Kier molecular flexibility index (Phi) is 12.8. The Morgan fingerprint density at radius 1 is 0.720 bits per heavy atom. The van der Waals surface area contributed by atoms with Crippen molar-refractivity contribution in [3.8, 4) is 11.5 Å². The van der Waals surface area contributed by atoms with Gasteiger partial charge in [0, 0.05) is 0 Å². The molecular weight excluding hydrogens is 308 g/mol. The Balaban J connectivity index is 1.87. The molecule has 0 aliphatic rings. The van der Waals surface area contributed by atoms with Gasteiger partial charge in [-0.1, -0.05) is 82.6 Å². The van der Waals surface area contributed by atoms with E-state index in [1.807, 2.05) is 6.07 Å². The minimum atomic E-state index is -0.00694. The van der Waals surface area contributed by atoms with Crippen LogP contribution in [0.1, 0.15) is 96.0 Å². The lowest BCUT2D eigenvalue weighted by Crippen LogP contribution is -1.87. The number of aromatic hydroxyl groups is 2. The van der Waals surface area contributed by atoms with Gasteiger partial charge >= 0.3 is 0 Å². The lowest BCUT2D eigenvalue weighted by Gasteiger charge is -2.06. The molecule has 0 aromatic heterocycles. The second-order valence-corrected chi connectivity index (χ2v) is 7.12. The van der Waals surface area contributed by atoms with E-state index >= 15 is 0 Å². The van der Waals surface area contributed by atoms with Crippen molar-refractivity contribution in [3.05, 3.63) is 35.9 Å². The molecule has 0 unspecified atom stereocenters. The molecule has 0 fully saturated rings. The van der Waals surface area contributed by atoms with Crippen LogP contribution in [-0.4, -0.2) is 10.2 Å². The third-order valence-electron chi connectivity index (χ3n) is 4.81. The van der Waals surface area contributed by atoms with Crippen LogP contribution in [0.2, 0.25) is 0 Å². The zero-order valence-corrected chi connectivity index (χ0v) is 16.2. The lowest BCUT2D eigenvalue weighted by molar-refractivity contribution is 0.398. The molecule has 0 radical (unpaired) electrons. The summed E-state index contributed by atoms with van der Waals surface area (Å²) >= 11 is 0. The van der Waals surface area contributed by atoms with Crippen molar-refractivity contribution < 1.29 is 10.2 Å². The van der Waals surface area contributed by atoms with Crippen molar-refractivity contribution in [2.45, 2.75) is 96.8 Å². The first-order valence-electron chi connectivity index (χ1n) is 10.4. The smallest absolute Gasteiger partial charge is 0.160 e. The fourth-order valence-corrected chi connectivity index (χ4v) is 3.17. The molecule has 25 heavy (non-hydrogen) atoms. The van der Waals surface area contributed by atoms with Crippen LogP contribution in [-0.2, 0) is 6.42 Å².